The van der Waals surface area contributed by atoms with Crippen molar-refractivity contribution in [2.45, 2.75) is 26.2 Å². The van der Waals surface area contributed by atoms with Crippen LogP contribution >= 0.6 is 0 Å². The van der Waals surface area contributed by atoms with Crippen LogP contribution in [0.25, 0.3) is 0 Å². The van der Waals surface area contributed by atoms with Gasteiger partial charge in [-0.15, -0.1) is 0 Å². The summed E-state index contributed by atoms with van der Waals surface area (Å²) in [6, 6.07) is 0. The van der Waals surface area contributed by atoms with E-state index in [0.717, 1.165) is 5.57 Å². The van der Waals surface area contributed by atoms with Crippen molar-refractivity contribution in [2.24, 2.45) is 0 Å². The predicted molar refractivity (Wildman–Crippen MR) is 58.2 cm³/mol. The van der Waals surface area contributed by atoms with E-state index in [0.29, 0.717) is 39.0 Å². The molecule has 1 aliphatic rings. The van der Waals surface area contributed by atoms with Crippen molar-refractivity contribution in [2.75, 3.05) is 19.7 Å². The molecule has 0 aromatic rings. The van der Waals surface area contributed by atoms with Crippen molar-refractivity contribution in [1.82, 2.24) is 4.90 Å². The summed E-state index contributed by atoms with van der Waals surface area (Å²) in [5.41, 5.74) is 1.14. The Hall–Kier alpha value is -1.52. The first-order valence-electron chi connectivity index (χ1n) is 5.45. The number of nitrogens with zero attached hydrogens (tertiary/aromatic N) is 1. The monoisotopic (exact) mass is 227 g/mol. The zero-order valence-corrected chi connectivity index (χ0v) is 9.44. The third kappa shape index (κ3) is 3.92. The van der Waals surface area contributed by atoms with Crippen molar-refractivity contribution in [3.05, 3.63) is 11.6 Å². The minimum Gasteiger partial charge on any atom is -0.466 e. The van der Waals surface area contributed by atoms with Crippen LogP contribution in [-0.2, 0) is 9.53 Å². The molecule has 16 heavy (non-hydrogen) atoms. The zero-order valence-electron chi connectivity index (χ0n) is 9.44. The quantitative estimate of drug-likeness (QED) is 0.585. The summed E-state index contributed by atoms with van der Waals surface area (Å²) in [6.45, 7) is 3.13. The molecule has 0 spiro atoms. The first-order chi connectivity index (χ1) is 7.63. The molecule has 5 heteroatoms. The molecule has 5 nitrogen and oxygen atoms in total. The van der Waals surface area contributed by atoms with Crippen molar-refractivity contribution in [3.8, 4) is 0 Å². The molecule has 1 heterocycles. The van der Waals surface area contributed by atoms with Gasteiger partial charge in [0.1, 0.15) is 0 Å². The van der Waals surface area contributed by atoms with Crippen LogP contribution in [0.4, 0.5) is 4.79 Å². The number of hydrogen-bond donors (Lipinski definition) is 1. The van der Waals surface area contributed by atoms with Gasteiger partial charge in [-0.3, -0.25) is 4.79 Å². The van der Waals surface area contributed by atoms with E-state index < -0.39 is 6.09 Å². The molecule has 1 amide bonds. The number of carbonyl (C=O) groups excluding carboxylic acids is 1. The number of ether oxygens (including phenoxy) is 1. The van der Waals surface area contributed by atoms with Crippen LogP contribution in [0.2, 0.25) is 0 Å². The normalized spacial score (nSPS) is 15.6. The fourth-order valence-corrected chi connectivity index (χ4v) is 1.61. The van der Waals surface area contributed by atoms with Gasteiger partial charge in [-0.25, -0.2) is 4.79 Å². The number of carbonyl (C=O) groups is 2. The fraction of sp³-hybridized carbons (Fsp3) is 0.636. The van der Waals surface area contributed by atoms with Gasteiger partial charge in [0.15, 0.2) is 0 Å². The Balaban J connectivity index is 2.30. The van der Waals surface area contributed by atoms with Gasteiger partial charge in [0.2, 0.25) is 0 Å². The van der Waals surface area contributed by atoms with Gasteiger partial charge in [0.05, 0.1) is 6.61 Å². The van der Waals surface area contributed by atoms with Crippen LogP contribution in [-0.4, -0.2) is 41.8 Å². The summed E-state index contributed by atoms with van der Waals surface area (Å²) in [4.78, 5) is 23.1. The lowest BCUT2D eigenvalue weighted by Crippen LogP contribution is -2.33. The summed E-state index contributed by atoms with van der Waals surface area (Å²) in [5.74, 6) is -0.191. The summed E-state index contributed by atoms with van der Waals surface area (Å²) in [7, 11) is 0. The molecule has 0 aromatic carbocycles. The average Bonchev–Trinajstić information content (AvgIpc) is 2.27. The van der Waals surface area contributed by atoms with Crippen molar-refractivity contribution in [3.63, 3.8) is 0 Å². The number of carboxylic acid groups (broad SMARTS) is 1. The summed E-state index contributed by atoms with van der Waals surface area (Å²) >= 11 is 0. The van der Waals surface area contributed by atoms with Crippen LogP contribution in [0.15, 0.2) is 11.6 Å². The van der Waals surface area contributed by atoms with Crippen molar-refractivity contribution < 1.29 is 19.4 Å². The summed E-state index contributed by atoms with van der Waals surface area (Å²) in [6.07, 6.45) is 2.77. The molecule has 1 rings (SSSR count). The second-order valence-electron chi connectivity index (χ2n) is 3.65. The highest BCUT2D eigenvalue weighted by molar-refractivity contribution is 5.69. The van der Waals surface area contributed by atoms with Gasteiger partial charge >= 0.3 is 12.1 Å². The van der Waals surface area contributed by atoms with Gasteiger partial charge in [-0.05, 0) is 19.8 Å². The van der Waals surface area contributed by atoms with E-state index >= 15 is 0 Å². The standard InChI is InChI=1S/C11H17NO4/c1-2-16-10(13)4-3-9-5-7-12(8-6-9)11(14)15/h5H,2-4,6-8H2,1H3,(H,14,15). The molecular weight excluding hydrogens is 210 g/mol. The number of hydrogen-bond acceptors (Lipinski definition) is 3. The highest BCUT2D eigenvalue weighted by Gasteiger charge is 2.16. The van der Waals surface area contributed by atoms with Crippen molar-refractivity contribution in [1.29, 1.82) is 0 Å². The summed E-state index contributed by atoms with van der Waals surface area (Å²) < 4.78 is 4.82. The van der Waals surface area contributed by atoms with E-state index in [2.05, 4.69) is 0 Å². The molecule has 0 aliphatic carbocycles. The van der Waals surface area contributed by atoms with E-state index in [9.17, 15) is 9.59 Å². The maximum Gasteiger partial charge on any atom is 0.407 e. The van der Waals surface area contributed by atoms with Crippen LogP contribution in [0.3, 0.4) is 0 Å². The fourth-order valence-electron chi connectivity index (χ4n) is 1.61. The first-order valence-corrected chi connectivity index (χ1v) is 5.45. The smallest absolute Gasteiger partial charge is 0.407 e. The van der Waals surface area contributed by atoms with Gasteiger partial charge in [0, 0.05) is 19.5 Å². The Labute approximate surface area is 94.7 Å². The second kappa shape index (κ2) is 6.15. The molecule has 90 valence electrons. The molecule has 0 saturated carbocycles. The molecule has 0 bridgehead atoms. The molecule has 0 fully saturated rings. The Morgan fingerprint density at radius 3 is 2.81 bits per heavy atom. The average molecular weight is 227 g/mol. The van der Waals surface area contributed by atoms with E-state index in [1.54, 1.807) is 6.92 Å². The van der Waals surface area contributed by atoms with Crippen LogP contribution < -0.4 is 0 Å². The Kier molecular flexibility index (Phi) is 4.82. The zero-order chi connectivity index (χ0) is 12.0. The van der Waals surface area contributed by atoms with Crippen LogP contribution in [0.5, 0.6) is 0 Å². The molecule has 0 unspecified atom stereocenters. The molecular formula is C11H17NO4. The minimum atomic E-state index is -0.888. The largest absolute Gasteiger partial charge is 0.466 e. The lowest BCUT2D eigenvalue weighted by Gasteiger charge is -2.23. The molecule has 0 atom stereocenters. The third-order valence-electron chi connectivity index (χ3n) is 2.53. The minimum absolute atomic E-state index is 0.191. The SMILES string of the molecule is CCOC(=O)CCC1=CCN(C(=O)O)CC1. The lowest BCUT2D eigenvalue weighted by molar-refractivity contribution is -0.143. The van der Waals surface area contributed by atoms with Crippen molar-refractivity contribution >= 4 is 12.1 Å². The van der Waals surface area contributed by atoms with E-state index in [-0.39, 0.29) is 5.97 Å². The topological polar surface area (TPSA) is 66.8 Å². The molecule has 1 aliphatic heterocycles. The van der Waals surface area contributed by atoms with Crippen LogP contribution in [0, 0.1) is 0 Å². The lowest BCUT2D eigenvalue weighted by atomic mass is 10.0. The molecule has 0 aromatic heterocycles. The van der Waals surface area contributed by atoms with E-state index in [1.165, 1.54) is 4.90 Å². The van der Waals surface area contributed by atoms with Gasteiger partial charge in [0.25, 0.3) is 0 Å². The highest BCUT2D eigenvalue weighted by Crippen LogP contribution is 2.16. The van der Waals surface area contributed by atoms with E-state index in [1.807, 2.05) is 6.08 Å². The number of rotatable bonds is 4. The Morgan fingerprint density at radius 2 is 2.31 bits per heavy atom. The molecule has 1 N–H and O–H groups in total. The first kappa shape index (κ1) is 12.5. The second-order valence-corrected chi connectivity index (χ2v) is 3.65. The van der Waals surface area contributed by atoms with E-state index in [4.69, 9.17) is 9.84 Å². The number of amides is 1. The molecule has 0 radical (unpaired) electrons. The maximum absolute atomic E-state index is 11.1. The Morgan fingerprint density at radius 1 is 1.56 bits per heavy atom. The maximum atomic E-state index is 11.1. The molecule has 0 saturated heterocycles. The Bertz CT molecular complexity index is 298. The van der Waals surface area contributed by atoms with Gasteiger partial charge in [-0.2, -0.15) is 0 Å². The third-order valence-corrected chi connectivity index (χ3v) is 2.53. The van der Waals surface area contributed by atoms with Gasteiger partial charge in [-0.1, -0.05) is 11.6 Å². The highest BCUT2D eigenvalue weighted by atomic mass is 16.5. The van der Waals surface area contributed by atoms with Gasteiger partial charge < -0.3 is 14.7 Å². The number of esters is 1. The predicted octanol–water partition coefficient (Wildman–Crippen LogP) is 1.64. The summed E-state index contributed by atoms with van der Waals surface area (Å²) in [5, 5.41) is 8.74. The van der Waals surface area contributed by atoms with Crippen LogP contribution in [0.1, 0.15) is 26.2 Å².